The molecule has 118 valence electrons. The van der Waals surface area contributed by atoms with Crippen LogP contribution in [-0.4, -0.2) is 25.9 Å². The van der Waals surface area contributed by atoms with Crippen molar-refractivity contribution in [3.05, 3.63) is 39.7 Å². The molecule has 1 aromatic carbocycles. The number of sulfone groups is 1. The molecule has 1 amide bonds. The van der Waals surface area contributed by atoms with Crippen LogP contribution in [0.2, 0.25) is 0 Å². The third-order valence-electron chi connectivity index (χ3n) is 2.54. The molecule has 22 heavy (non-hydrogen) atoms. The van der Waals surface area contributed by atoms with Crippen molar-refractivity contribution in [1.82, 2.24) is 5.32 Å². The fourth-order valence-electron chi connectivity index (χ4n) is 1.60. The summed E-state index contributed by atoms with van der Waals surface area (Å²) >= 11 is 6.21. The third kappa shape index (κ3) is 5.01. The van der Waals surface area contributed by atoms with E-state index in [0.717, 1.165) is 14.0 Å². The molecule has 0 saturated heterocycles. The van der Waals surface area contributed by atoms with Crippen LogP contribution in [0.15, 0.2) is 48.8 Å². The van der Waals surface area contributed by atoms with Crippen molar-refractivity contribution in [1.29, 1.82) is 0 Å². The van der Waals surface area contributed by atoms with Crippen molar-refractivity contribution < 1.29 is 18.3 Å². The minimum Gasteiger partial charge on any atom is -0.465 e. The molecule has 0 aliphatic carbocycles. The molecule has 0 aliphatic heterocycles. The van der Waals surface area contributed by atoms with Crippen molar-refractivity contribution in [3.8, 4) is 0 Å². The van der Waals surface area contributed by atoms with Gasteiger partial charge in [-0.05, 0) is 30.3 Å². The smallest absolute Gasteiger partial charge is 0.404 e. The normalized spacial score (nSPS) is 11.4. The van der Waals surface area contributed by atoms with Gasteiger partial charge in [-0.3, -0.25) is 0 Å². The summed E-state index contributed by atoms with van der Waals surface area (Å²) in [5.41, 5.74) is 0. The molecule has 0 spiro atoms. The first-order valence-corrected chi connectivity index (χ1v) is 10.3. The second-order valence-corrected chi connectivity index (χ2v) is 9.85. The van der Waals surface area contributed by atoms with E-state index in [4.69, 9.17) is 5.11 Å². The maximum atomic E-state index is 11.7. The summed E-state index contributed by atoms with van der Waals surface area (Å²) in [6.45, 7) is 0.258. The number of hydrogen-bond acceptors (Lipinski definition) is 5. The van der Waals surface area contributed by atoms with Gasteiger partial charge in [-0.2, -0.15) is 0 Å². The zero-order valence-electron chi connectivity index (χ0n) is 11.4. The van der Waals surface area contributed by atoms with Gasteiger partial charge in [0.15, 0.2) is 9.84 Å². The molecule has 0 fully saturated rings. The maximum absolute atomic E-state index is 11.7. The molecule has 0 saturated carbocycles. The van der Waals surface area contributed by atoms with E-state index in [2.05, 4.69) is 21.2 Å². The number of thiophene rings is 1. The minimum absolute atomic E-state index is 0.258. The number of halogens is 1. The number of carbonyl (C=O) groups is 1. The zero-order valence-corrected chi connectivity index (χ0v) is 15.4. The topological polar surface area (TPSA) is 83.5 Å². The number of carboxylic acid groups (broad SMARTS) is 1. The lowest BCUT2D eigenvalue weighted by Crippen LogP contribution is -2.19. The first-order chi connectivity index (χ1) is 10.2. The number of rotatable bonds is 5. The summed E-state index contributed by atoms with van der Waals surface area (Å²) in [7, 11) is -3.27. The standard InChI is InChI=1S/C13H12BrNO4S3/c1-22(18,19)11-5-8(14)4-10(6-11)21-12-3-2-9(20-12)7-15-13(16)17/h2-6,15H,7H2,1H3,(H,16,17). The monoisotopic (exact) mass is 421 g/mol. The van der Waals surface area contributed by atoms with Crippen LogP contribution in [-0.2, 0) is 16.4 Å². The van der Waals surface area contributed by atoms with Crippen molar-refractivity contribution in [3.63, 3.8) is 0 Å². The average Bonchev–Trinajstić information content (AvgIpc) is 2.82. The van der Waals surface area contributed by atoms with Crippen molar-refractivity contribution in [2.45, 2.75) is 20.5 Å². The van der Waals surface area contributed by atoms with Gasteiger partial charge in [0.05, 0.1) is 15.6 Å². The van der Waals surface area contributed by atoms with Gasteiger partial charge in [-0.25, -0.2) is 13.2 Å². The van der Waals surface area contributed by atoms with Crippen LogP contribution >= 0.6 is 39.0 Å². The highest BCUT2D eigenvalue weighted by Crippen LogP contribution is 2.36. The second kappa shape index (κ2) is 7.03. The molecule has 0 unspecified atom stereocenters. The molecular weight excluding hydrogens is 410 g/mol. The highest BCUT2D eigenvalue weighted by molar-refractivity contribution is 9.10. The number of amides is 1. The van der Waals surface area contributed by atoms with Crippen LogP contribution in [0.25, 0.3) is 0 Å². The number of benzene rings is 1. The van der Waals surface area contributed by atoms with Gasteiger partial charge in [-0.15, -0.1) is 11.3 Å². The first kappa shape index (κ1) is 17.3. The molecule has 1 aromatic heterocycles. The maximum Gasteiger partial charge on any atom is 0.404 e. The Labute approximate surface area is 144 Å². The summed E-state index contributed by atoms with van der Waals surface area (Å²) in [5, 5.41) is 10.9. The summed E-state index contributed by atoms with van der Waals surface area (Å²) in [6, 6.07) is 8.76. The van der Waals surface area contributed by atoms with E-state index >= 15 is 0 Å². The fourth-order valence-corrected chi connectivity index (χ4v) is 5.34. The molecule has 2 rings (SSSR count). The third-order valence-corrected chi connectivity index (χ3v) is 6.28. The fraction of sp³-hybridized carbons (Fsp3) is 0.154. The summed E-state index contributed by atoms with van der Waals surface area (Å²) in [4.78, 5) is 12.4. The number of hydrogen-bond donors (Lipinski definition) is 2. The Balaban J connectivity index is 2.17. The van der Waals surface area contributed by atoms with Crippen LogP contribution in [0.4, 0.5) is 4.79 Å². The summed E-state index contributed by atoms with van der Waals surface area (Å²) in [6.07, 6.45) is 0.108. The van der Waals surface area contributed by atoms with Gasteiger partial charge >= 0.3 is 6.09 Å². The predicted octanol–water partition coefficient (Wildman–Crippen LogP) is 3.83. The van der Waals surface area contributed by atoms with Crippen LogP contribution in [0, 0.1) is 0 Å². The lowest BCUT2D eigenvalue weighted by atomic mass is 10.4. The Morgan fingerprint density at radius 3 is 2.73 bits per heavy atom. The Bertz CT molecular complexity index is 801. The number of nitrogens with one attached hydrogen (secondary N) is 1. The van der Waals surface area contributed by atoms with E-state index < -0.39 is 15.9 Å². The molecular formula is C13H12BrNO4S3. The molecule has 0 bridgehead atoms. The highest BCUT2D eigenvalue weighted by atomic mass is 79.9. The quantitative estimate of drug-likeness (QED) is 0.765. The largest absolute Gasteiger partial charge is 0.465 e. The van der Waals surface area contributed by atoms with Gasteiger partial charge in [0.25, 0.3) is 0 Å². The van der Waals surface area contributed by atoms with E-state index in [-0.39, 0.29) is 11.4 Å². The van der Waals surface area contributed by atoms with Crippen molar-refractivity contribution in [2.24, 2.45) is 0 Å². The summed E-state index contributed by atoms with van der Waals surface area (Å²) in [5.74, 6) is 0. The molecule has 0 radical (unpaired) electrons. The molecule has 1 heterocycles. The van der Waals surface area contributed by atoms with Crippen molar-refractivity contribution in [2.75, 3.05) is 6.26 Å². The molecule has 0 atom stereocenters. The van der Waals surface area contributed by atoms with Crippen LogP contribution in [0.1, 0.15) is 4.88 Å². The van der Waals surface area contributed by atoms with Gasteiger partial charge in [0.2, 0.25) is 0 Å². The van der Waals surface area contributed by atoms with Gasteiger partial charge in [-0.1, -0.05) is 27.7 Å². The summed E-state index contributed by atoms with van der Waals surface area (Å²) < 4.78 is 25.0. The van der Waals surface area contributed by atoms with Gasteiger partial charge in [0.1, 0.15) is 0 Å². The lowest BCUT2D eigenvalue weighted by molar-refractivity contribution is 0.194. The Kier molecular flexibility index (Phi) is 5.54. The van der Waals surface area contributed by atoms with Gasteiger partial charge in [0, 0.05) is 20.5 Å². The first-order valence-electron chi connectivity index (χ1n) is 5.98. The zero-order chi connectivity index (χ0) is 16.3. The second-order valence-electron chi connectivity index (χ2n) is 4.38. The molecule has 2 aromatic rings. The Morgan fingerprint density at radius 2 is 2.09 bits per heavy atom. The van der Waals surface area contributed by atoms with Crippen LogP contribution < -0.4 is 5.32 Å². The average molecular weight is 422 g/mol. The Hall–Kier alpha value is -1.03. The van der Waals surface area contributed by atoms with E-state index in [1.165, 1.54) is 29.4 Å². The van der Waals surface area contributed by atoms with Crippen molar-refractivity contribution >= 4 is 55.0 Å². The van der Waals surface area contributed by atoms with E-state index in [0.29, 0.717) is 4.47 Å². The lowest BCUT2D eigenvalue weighted by Gasteiger charge is -2.04. The van der Waals surface area contributed by atoms with Crippen LogP contribution in [0.3, 0.4) is 0 Å². The molecule has 0 aliphatic rings. The predicted molar refractivity (Wildman–Crippen MR) is 90.6 cm³/mol. The van der Waals surface area contributed by atoms with E-state index in [9.17, 15) is 13.2 Å². The molecule has 2 N–H and O–H groups in total. The van der Waals surface area contributed by atoms with E-state index in [1.54, 1.807) is 12.1 Å². The van der Waals surface area contributed by atoms with E-state index in [1.807, 2.05) is 18.2 Å². The van der Waals surface area contributed by atoms with Gasteiger partial charge < -0.3 is 10.4 Å². The Morgan fingerprint density at radius 1 is 1.36 bits per heavy atom. The van der Waals surface area contributed by atoms with Crippen LogP contribution in [0.5, 0.6) is 0 Å². The highest BCUT2D eigenvalue weighted by Gasteiger charge is 2.11. The molecule has 5 nitrogen and oxygen atoms in total. The minimum atomic E-state index is -3.27. The SMILES string of the molecule is CS(=O)(=O)c1cc(Br)cc(Sc2ccc(CNC(=O)O)s2)c1. The molecule has 9 heteroatoms.